The molecule has 4 aromatic rings. The van der Waals surface area contributed by atoms with Gasteiger partial charge in [0.25, 0.3) is 0 Å². The number of nitrogens with one attached hydrogen (secondary N) is 1. The number of hydrogen-bond acceptors (Lipinski definition) is 5. The Labute approximate surface area is 160 Å². The first-order valence-electron chi connectivity index (χ1n) is 8.62. The van der Waals surface area contributed by atoms with Crippen molar-refractivity contribution >= 4 is 33.9 Å². The molecular weight excluding hydrogens is 356 g/mol. The summed E-state index contributed by atoms with van der Waals surface area (Å²) in [6.07, 6.45) is 3.31. The molecule has 7 heteroatoms. The Bertz CT molecular complexity index is 1210. The largest absolute Gasteiger partial charge is 0.334 e. The van der Waals surface area contributed by atoms with Gasteiger partial charge in [-0.3, -0.25) is 14.9 Å². The van der Waals surface area contributed by atoms with Gasteiger partial charge in [0.2, 0.25) is 5.82 Å². The van der Waals surface area contributed by atoms with Crippen LogP contribution in [0.4, 0.5) is 17.2 Å². The van der Waals surface area contributed by atoms with Crippen molar-refractivity contribution in [2.24, 2.45) is 0 Å². The first-order chi connectivity index (χ1) is 13.5. The van der Waals surface area contributed by atoms with Gasteiger partial charge in [0.15, 0.2) is 5.78 Å². The van der Waals surface area contributed by atoms with Gasteiger partial charge in [-0.05, 0) is 37.3 Å². The molecule has 2 aromatic heterocycles. The van der Waals surface area contributed by atoms with Crippen molar-refractivity contribution in [3.8, 4) is 5.69 Å². The van der Waals surface area contributed by atoms with Gasteiger partial charge in [-0.2, -0.15) is 0 Å². The summed E-state index contributed by atoms with van der Waals surface area (Å²) in [5.41, 5.74) is 2.94. The number of carbonyl (C=O) groups excluding carboxylic acids is 1. The molecule has 0 atom stereocenters. The van der Waals surface area contributed by atoms with Crippen LogP contribution in [0.5, 0.6) is 0 Å². The minimum atomic E-state index is -0.474. The number of fused-ring (bicyclic) bond motifs is 1. The summed E-state index contributed by atoms with van der Waals surface area (Å²) in [5.74, 6) is 0.166. The molecule has 0 saturated heterocycles. The highest BCUT2D eigenvalue weighted by molar-refractivity contribution is 6.07. The quantitative estimate of drug-likeness (QED) is 0.306. The molecule has 138 valence electrons. The highest BCUT2D eigenvalue weighted by atomic mass is 16.6. The van der Waals surface area contributed by atoms with E-state index in [9.17, 15) is 14.9 Å². The van der Waals surface area contributed by atoms with E-state index in [1.54, 1.807) is 13.0 Å². The Morgan fingerprint density at radius 1 is 1.11 bits per heavy atom. The van der Waals surface area contributed by atoms with Gasteiger partial charge in [-0.15, -0.1) is 0 Å². The van der Waals surface area contributed by atoms with E-state index >= 15 is 0 Å². The summed E-state index contributed by atoms with van der Waals surface area (Å²) >= 11 is 0. The Balaban J connectivity index is 1.78. The highest BCUT2D eigenvalue weighted by Gasteiger charge is 2.15. The number of pyridine rings is 1. The fourth-order valence-electron chi connectivity index (χ4n) is 3.18. The van der Waals surface area contributed by atoms with E-state index in [0.717, 1.165) is 16.6 Å². The molecule has 0 saturated carbocycles. The zero-order chi connectivity index (χ0) is 19.7. The Kier molecular flexibility index (Phi) is 4.33. The van der Waals surface area contributed by atoms with Crippen LogP contribution in [0.1, 0.15) is 17.3 Å². The predicted octanol–water partition coefficient (Wildman–Crippen LogP) is 4.88. The molecule has 0 bridgehead atoms. The first kappa shape index (κ1) is 17.4. The van der Waals surface area contributed by atoms with E-state index in [4.69, 9.17) is 0 Å². The van der Waals surface area contributed by atoms with E-state index in [1.807, 2.05) is 53.2 Å². The number of aromatic nitrogens is 2. The normalized spacial score (nSPS) is 10.8. The van der Waals surface area contributed by atoms with Crippen molar-refractivity contribution < 1.29 is 9.72 Å². The lowest BCUT2D eigenvalue weighted by Crippen LogP contribution is -2.00. The van der Waals surface area contributed by atoms with Crippen molar-refractivity contribution in [1.29, 1.82) is 0 Å². The number of carbonyl (C=O) groups is 1. The molecule has 0 fully saturated rings. The average Bonchev–Trinajstić information content (AvgIpc) is 3.08. The van der Waals surface area contributed by atoms with Gasteiger partial charge in [0, 0.05) is 40.8 Å². The number of hydrogen-bond donors (Lipinski definition) is 1. The Morgan fingerprint density at radius 3 is 2.71 bits per heavy atom. The van der Waals surface area contributed by atoms with Crippen molar-refractivity contribution in [2.45, 2.75) is 6.92 Å². The molecule has 4 rings (SSSR count). The lowest BCUT2D eigenvalue weighted by Gasteiger charge is -2.10. The molecule has 2 heterocycles. The maximum absolute atomic E-state index is 12.0. The van der Waals surface area contributed by atoms with E-state index < -0.39 is 4.92 Å². The molecule has 28 heavy (non-hydrogen) atoms. The molecule has 2 aromatic carbocycles. The van der Waals surface area contributed by atoms with Gasteiger partial charge >= 0.3 is 5.69 Å². The van der Waals surface area contributed by atoms with Gasteiger partial charge in [-0.1, -0.05) is 24.3 Å². The minimum absolute atomic E-state index is 0.00617. The van der Waals surface area contributed by atoms with E-state index in [0.29, 0.717) is 11.3 Å². The third kappa shape index (κ3) is 3.09. The third-order valence-corrected chi connectivity index (χ3v) is 4.46. The van der Waals surface area contributed by atoms with Gasteiger partial charge in [0.1, 0.15) is 0 Å². The van der Waals surface area contributed by atoms with Crippen molar-refractivity contribution in [3.05, 3.63) is 88.7 Å². The van der Waals surface area contributed by atoms with Crippen molar-refractivity contribution in [1.82, 2.24) is 9.55 Å². The lowest BCUT2D eigenvalue weighted by molar-refractivity contribution is -0.384. The molecule has 0 spiro atoms. The van der Waals surface area contributed by atoms with Crippen LogP contribution in [0.2, 0.25) is 0 Å². The van der Waals surface area contributed by atoms with Crippen LogP contribution in [0.25, 0.3) is 16.6 Å². The standard InChI is InChI=1S/C21H16N4O3/c1-14(26)18-13-24(19-9-3-2-8-17(18)19)16-7-4-6-15(12-16)23-21-20(25(27)28)10-5-11-22-21/h2-13H,1H3,(H,22,23). The zero-order valence-corrected chi connectivity index (χ0v) is 15.0. The number of anilines is 2. The number of para-hydroxylation sites is 1. The summed E-state index contributed by atoms with van der Waals surface area (Å²) in [7, 11) is 0. The van der Waals surface area contributed by atoms with Crippen LogP contribution < -0.4 is 5.32 Å². The summed E-state index contributed by atoms with van der Waals surface area (Å²) in [5, 5.41) is 15.1. The fraction of sp³-hybridized carbons (Fsp3) is 0.0476. The van der Waals surface area contributed by atoms with E-state index in [1.165, 1.54) is 18.3 Å². The second kappa shape index (κ2) is 6.96. The van der Waals surface area contributed by atoms with Crippen LogP contribution in [-0.4, -0.2) is 20.3 Å². The Hall–Kier alpha value is -4.00. The number of ketones is 1. The number of nitrogens with zero attached hydrogens (tertiary/aromatic N) is 3. The van der Waals surface area contributed by atoms with Crippen LogP contribution in [0.15, 0.2) is 73.1 Å². The molecular formula is C21H16N4O3. The van der Waals surface area contributed by atoms with E-state index in [-0.39, 0.29) is 17.3 Å². The van der Waals surface area contributed by atoms with Crippen molar-refractivity contribution in [3.63, 3.8) is 0 Å². The number of nitro groups is 1. The zero-order valence-electron chi connectivity index (χ0n) is 15.0. The first-order valence-corrected chi connectivity index (χ1v) is 8.62. The number of benzene rings is 2. The summed E-state index contributed by atoms with van der Waals surface area (Å²) in [4.78, 5) is 26.8. The van der Waals surface area contributed by atoms with Crippen LogP contribution >= 0.6 is 0 Å². The number of Topliss-reactive ketones (excluding diaryl/α,β-unsaturated/α-hetero) is 1. The lowest BCUT2D eigenvalue weighted by atomic mass is 10.1. The summed E-state index contributed by atoms with van der Waals surface area (Å²) in [6, 6.07) is 18.0. The maximum atomic E-state index is 12.0. The molecule has 7 nitrogen and oxygen atoms in total. The highest BCUT2D eigenvalue weighted by Crippen LogP contribution is 2.29. The SMILES string of the molecule is CC(=O)c1cn(-c2cccc(Nc3ncccc3[N+](=O)[O-])c2)c2ccccc12. The van der Waals surface area contributed by atoms with Gasteiger partial charge < -0.3 is 9.88 Å². The molecule has 0 aliphatic heterocycles. The average molecular weight is 372 g/mol. The minimum Gasteiger partial charge on any atom is -0.334 e. The van der Waals surface area contributed by atoms with Crippen LogP contribution in [-0.2, 0) is 0 Å². The smallest absolute Gasteiger partial charge is 0.311 e. The van der Waals surface area contributed by atoms with Gasteiger partial charge in [-0.25, -0.2) is 4.98 Å². The monoisotopic (exact) mass is 372 g/mol. The van der Waals surface area contributed by atoms with Gasteiger partial charge in [0.05, 0.1) is 10.4 Å². The topological polar surface area (TPSA) is 90.1 Å². The third-order valence-electron chi connectivity index (χ3n) is 4.46. The maximum Gasteiger partial charge on any atom is 0.311 e. The summed E-state index contributed by atoms with van der Waals surface area (Å²) < 4.78 is 1.93. The second-order valence-corrected chi connectivity index (χ2v) is 6.29. The molecule has 0 amide bonds. The van der Waals surface area contributed by atoms with Crippen LogP contribution in [0, 0.1) is 10.1 Å². The van der Waals surface area contributed by atoms with Crippen molar-refractivity contribution in [2.75, 3.05) is 5.32 Å². The Morgan fingerprint density at radius 2 is 1.93 bits per heavy atom. The predicted molar refractivity (Wildman–Crippen MR) is 107 cm³/mol. The molecule has 0 aliphatic rings. The summed E-state index contributed by atoms with van der Waals surface area (Å²) in [6.45, 7) is 1.55. The molecule has 1 N–H and O–H groups in total. The van der Waals surface area contributed by atoms with Crippen LogP contribution in [0.3, 0.4) is 0 Å². The molecule has 0 aliphatic carbocycles. The molecule has 0 unspecified atom stereocenters. The molecule has 0 radical (unpaired) electrons. The second-order valence-electron chi connectivity index (χ2n) is 6.29. The van der Waals surface area contributed by atoms with E-state index in [2.05, 4.69) is 10.3 Å². The fourth-order valence-corrected chi connectivity index (χ4v) is 3.18. The number of rotatable bonds is 5.